The van der Waals surface area contributed by atoms with E-state index < -0.39 is 0 Å². The first-order chi connectivity index (χ1) is 8.19. The van der Waals surface area contributed by atoms with Gasteiger partial charge in [0.2, 0.25) is 0 Å². The van der Waals surface area contributed by atoms with E-state index >= 15 is 0 Å². The highest BCUT2D eigenvalue weighted by molar-refractivity contribution is 5.96. The molecule has 1 rings (SSSR count). The number of hydrogen-bond donors (Lipinski definition) is 0. The zero-order valence-electron chi connectivity index (χ0n) is 10.9. The van der Waals surface area contributed by atoms with Gasteiger partial charge in [-0.3, -0.25) is 4.79 Å². The van der Waals surface area contributed by atoms with Crippen molar-refractivity contribution in [3.63, 3.8) is 0 Å². The Kier molecular flexibility index (Phi) is 5.70. The van der Waals surface area contributed by atoms with Crippen molar-refractivity contribution in [1.29, 1.82) is 0 Å². The molecule has 0 aliphatic rings. The summed E-state index contributed by atoms with van der Waals surface area (Å²) in [6.07, 6.45) is 0.555. The molecule has 0 atom stereocenters. The number of likely N-dealkylation sites (N-methyl/N-ethyl adjacent to an activating group) is 1. The molecule has 0 radical (unpaired) electrons. The maximum Gasteiger partial charge on any atom is 0.162 e. The Morgan fingerprint density at radius 1 is 1.24 bits per heavy atom. The van der Waals surface area contributed by atoms with Gasteiger partial charge in [-0.2, -0.15) is 0 Å². The standard InChI is InChI=1S/C14H21NO2/c1-4-14(16)12-6-8-13(9-7-12)15(3)10-11-17-5-2/h6-9H,4-5,10-11H2,1-3H3. The fraction of sp³-hybridized carbons (Fsp3) is 0.500. The van der Waals surface area contributed by atoms with Crippen molar-refractivity contribution < 1.29 is 9.53 Å². The molecular weight excluding hydrogens is 214 g/mol. The predicted octanol–water partition coefficient (Wildman–Crippen LogP) is 2.75. The summed E-state index contributed by atoms with van der Waals surface area (Å²) in [5.74, 6) is 0.188. The van der Waals surface area contributed by atoms with E-state index in [1.165, 1.54) is 0 Å². The van der Waals surface area contributed by atoms with Crippen LogP contribution in [0, 0.1) is 0 Å². The Morgan fingerprint density at radius 3 is 2.41 bits per heavy atom. The molecule has 0 aromatic heterocycles. The maximum absolute atomic E-state index is 11.5. The molecule has 17 heavy (non-hydrogen) atoms. The van der Waals surface area contributed by atoms with Crippen LogP contribution in [0.1, 0.15) is 30.6 Å². The number of rotatable bonds is 7. The number of hydrogen-bond acceptors (Lipinski definition) is 3. The average molecular weight is 235 g/mol. The molecule has 0 saturated heterocycles. The molecule has 1 aromatic carbocycles. The van der Waals surface area contributed by atoms with E-state index in [0.29, 0.717) is 6.42 Å². The molecule has 3 nitrogen and oxygen atoms in total. The van der Waals surface area contributed by atoms with Gasteiger partial charge in [0.1, 0.15) is 0 Å². The average Bonchev–Trinajstić information content (AvgIpc) is 2.38. The van der Waals surface area contributed by atoms with Crippen LogP contribution in [0.5, 0.6) is 0 Å². The van der Waals surface area contributed by atoms with E-state index in [4.69, 9.17) is 4.74 Å². The first kappa shape index (κ1) is 13.7. The molecule has 0 unspecified atom stereocenters. The van der Waals surface area contributed by atoms with E-state index in [9.17, 15) is 4.79 Å². The molecule has 1 aromatic rings. The van der Waals surface area contributed by atoms with Gasteiger partial charge in [0.05, 0.1) is 6.61 Å². The number of Topliss-reactive ketones (excluding diaryl/α,β-unsaturated/α-hetero) is 1. The molecule has 0 aliphatic carbocycles. The Labute approximate surface area is 103 Å². The van der Waals surface area contributed by atoms with E-state index in [0.717, 1.165) is 31.0 Å². The minimum absolute atomic E-state index is 0.188. The van der Waals surface area contributed by atoms with Crippen LogP contribution in [-0.4, -0.2) is 32.6 Å². The van der Waals surface area contributed by atoms with Crippen molar-refractivity contribution in [2.75, 3.05) is 31.7 Å². The minimum atomic E-state index is 0.188. The summed E-state index contributed by atoms with van der Waals surface area (Å²) < 4.78 is 5.31. The molecule has 0 heterocycles. The van der Waals surface area contributed by atoms with Crippen molar-refractivity contribution in [2.45, 2.75) is 20.3 Å². The number of ketones is 1. The lowest BCUT2D eigenvalue weighted by atomic mass is 10.1. The maximum atomic E-state index is 11.5. The van der Waals surface area contributed by atoms with E-state index in [1.54, 1.807) is 0 Å². The molecule has 0 spiro atoms. The summed E-state index contributed by atoms with van der Waals surface area (Å²) in [6, 6.07) is 7.74. The van der Waals surface area contributed by atoms with Crippen molar-refractivity contribution >= 4 is 11.5 Å². The van der Waals surface area contributed by atoms with Gasteiger partial charge in [0.25, 0.3) is 0 Å². The topological polar surface area (TPSA) is 29.5 Å². The molecule has 0 bridgehead atoms. The Morgan fingerprint density at radius 2 is 1.88 bits per heavy atom. The first-order valence-corrected chi connectivity index (χ1v) is 6.11. The highest BCUT2D eigenvalue weighted by atomic mass is 16.5. The number of benzene rings is 1. The fourth-order valence-corrected chi connectivity index (χ4v) is 1.58. The van der Waals surface area contributed by atoms with Gasteiger partial charge in [-0.25, -0.2) is 0 Å². The molecule has 0 saturated carbocycles. The lowest BCUT2D eigenvalue weighted by Crippen LogP contribution is -2.22. The van der Waals surface area contributed by atoms with Gasteiger partial charge in [0, 0.05) is 37.9 Å². The molecule has 94 valence electrons. The van der Waals surface area contributed by atoms with Crippen LogP contribution in [0.2, 0.25) is 0 Å². The summed E-state index contributed by atoms with van der Waals surface area (Å²) in [7, 11) is 2.02. The van der Waals surface area contributed by atoms with Crippen molar-refractivity contribution in [3.8, 4) is 0 Å². The van der Waals surface area contributed by atoms with Gasteiger partial charge in [-0.1, -0.05) is 6.92 Å². The summed E-state index contributed by atoms with van der Waals surface area (Å²) in [4.78, 5) is 13.6. The zero-order chi connectivity index (χ0) is 12.7. The van der Waals surface area contributed by atoms with Crippen LogP contribution < -0.4 is 4.90 Å². The smallest absolute Gasteiger partial charge is 0.162 e. The molecule has 0 aliphatic heterocycles. The van der Waals surface area contributed by atoms with E-state index in [1.807, 2.05) is 45.2 Å². The zero-order valence-corrected chi connectivity index (χ0v) is 10.9. The summed E-state index contributed by atoms with van der Waals surface area (Å²) in [5, 5.41) is 0. The molecule has 0 fully saturated rings. The highest BCUT2D eigenvalue weighted by Gasteiger charge is 2.04. The molecule has 0 N–H and O–H groups in total. The van der Waals surface area contributed by atoms with E-state index in [2.05, 4.69) is 4.90 Å². The van der Waals surface area contributed by atoms with Gasteiger partial charge in [-0.15, -0.1) is 0 Å². The monoisotopic (exact) mass is 235 g/mol. The van der Waals surface area contributed by atoms with Crippen LogP contribution >= 0.6 is 0 Å². The Balaban J connectivity index is 2.57. The summed E-state index contributed by atoms with van der Waals surface area (Å²) >= 11 is 0. The van der Waals surface area contributed by atoms with Crippen molar-refractivity contribution in [1.82, 2.24) is 0 Å². The summed E-state index contributed by atoms with van der Waals surface area (Å²) in [5.41, 5.74) is 1.90. The van der Waals surface area contributed by atoms with Crippen molar-refractivity contribution in [3.05, 3.63) is 29.8 Å². The van der Waals surface area contributed by atoms with Crippen LogP contribution in [0.3, 0.4) is 0 Å². The predicted molar refractivity (Wildman–Crippen MR) is 70.8 cm³/mol. The Hall–Kier alpha value is -1.35. The minimum Gasteiger partial charge on any atom is -0.380 e. The van der Waals surface area contributed by atoms with Crippen LogP contribution in [0.4, 0.5) is 5.69 Å². The lowest BCUT2D eigenvalue weighted by Gasteiger charge is -2.19. The second kappa shape index (κ2) is 7.07. The second-order valence-electron chi connectivity index (χ2n) is 3.94. The van der Waals surface area contributed by atoms with Gasteiger partial charge < -0.3 is 9.64 Å². The third kappa shape index (κ3) is 4.19. The number of carbonyl (C=O) groups excluding carboxylic acids is 1. The fourth-order valence-electron chi connectivity index (χ4n) is 1.58. The van der Waals surface area contributed by atoms with Crippen LogP contribution in [-0.2, 0) is 4.74 Å². The SMILES string of the molecule is CCOCCN(C)c1ccc(C(=O)CC)cc1. The first-order valence-electron chi connectivity index (χ1n) is 6.11. The number of nitrogens with zero attached hydrogens (tertiary/aromatic N) is 1. The van der Waals surface area contributed by atoms with Crippen LogP contribution in [0.15, 0.2) is 24.3 Å². The number of anilines is 1. The Bertz CT molecular complexity index is 346. The van der Waals surface area contributed by atoms with Gasteiger partial charge in [0.15, 0.2) is 5.78 Å². The van der Waals surface area contributed by atoms with Crippen molar-refractivity contribution in [2.24, 2.45) is 0 Å². The van der Waals surface area contributed by atoms with Gasteiger partial charge in [-0.05, 0) is 31.2 Å². The second-order valence-corrected chi connectivity index (χ2v) is 3.94. The third-order valence-corrected chi connectivity index (χ3v) is 2.73. The molecule has 0 amide bonds. The normalized spacial score (nSPS) is 10.3. The lowest BCUT2D eigenvalue weighted by molar-refractivity contribution is 0.0988. The largest absolute Gasteiger partial charge is 0.380 e. The molecule has 3 heteroatoms. The quantitative estimate of drug-likeness (QED) is 0.537. The van der Waals surface area contributed by atoms with Gasteiger partial charge >= 0.3 is 0 Å². The summed E-state index contributed by atoms with van der Waals surface area (Å²) in [6.45, 7) is 6.20. The van der Waals surface area contributed by atoms with E-state index in [-0.39, 0.29) is 5.78 Å². The number of carbonyl (C=O) groups is 1. The number of ether oxygens (including phenoxy) is 1. The molecular formula is C14H21NO2. The highest BCUT2D eigenvalue weighted by Crippen LogP contribution is 2.14. The van der Waals surface area contributed by atoms with Crippen LogP contribution in [0.25, 0.3) is 0 Å². The third-order valence-electron chi connectivity index (χ3n) is 2.73.